The minimum atomic E-state index is -0.210. The zero-order valence-corrected chi connectivity index (χ0v) is 28.8. The van der Waals surface area contributed by atoms with Gasteiger partial charge in [0.05, 0.1) is 60.2 Å². The van der Waals surface area contributed by atoms with Crippen LogP contribution in [0.25, 0.3) is 22.5 Å². The molecule has 0 saturated heterocycles. The summed E-state index contributed by atoms with van der Waals surface area (Å²) in [5.74, 6) is 0.702. The van der Waals surface area contributed by atoms with Crippen molar-refractivity contribution in [2.24, 2.45) is 11.8 Å². The van der Waals surface area contributed by atoms with E-state index in [-0.39, 0.29) is 30.3 Å². The first kappa shape index (κ1) is 32.7. The van der Waals surface area contributed by atoms with Gasteiger partial charge >= 0.3 is 5.97 Å². The maximum Gasteiger partial charge on any atom is 0.338 e. The number of fused-ring (bicyclic) bond motifs is 6. The highest BCUT2D eigenvalue weighted by Crippen LogP contribution is 2.44. The molecule has 258 valence electrons. The van der Waals surface area contributed by atoms with Gasteiger partial charge in [0.15, 0.2) is 0 Å². The number of aliphatic hydroxyl groups is 1. The topological polar surface area (TPSA) is 82.2 Å². The van der Waals surface area contributed by atoms with Crippen LogP contribution in [0.4, 0.5) is 0 Å². The third kappa shape index (κ3) is 6.56. The molecule has 1 N–H and O–H groups in total. The first-order valence-corrected chi connectivity index (χ1v) is 18.8. The summed E-state index contributed by atoms with van der Waals surface area (Å²) in [4.78, 5) is 21.5. The van der Waals surface area contributed by atoms with Crippen LogP contribution in [0.1, 0.15) is 111 Å². The van der Waals surface area contributed by atoms with E-state index in [1.807, 2.05) is 55.4 Å². The van der Waals surface area contributed by atoms with Gasteiger partial charge in [0, 0.05) is 17.5 Å². The number of nitrogens with zero attached hydrogens (tertiary/aromatic N) is 4. The molecule has 4 unspecified atom stereocenters. The predicted molar refractivity (Wildman–Crippen MR) is 196 cm³/mol. The van der Waals surface area contributed by atoms with Gasteiger partial charge in [0.25, 0.3) is 0 Å². The van der Waals surface area contributed by atoms with Gasteiger partial charge in [-0.3, -0.25) is 0 Å². The number of benzene rings is 3. The van der Waals surface area contributed by atoms with Crippen LogP contribution in [0, 0.1) is 11.8 Å². The molecule has 0 spiro atoms. The smallest absolute Gasteiger partial charge is 0.338 e. The van der Waals surface area contributed by atoms with Crippen molar-refractivity contribution in [2.75, 3.05) is 0 Å². The van der Waals surface area contributed by atoms with E-state index >= 15 is 0 Å². The number of aliphatic hydroxyl groups excluding tert-OH is 1. The molecular weight excluding hydrogens is 620 g/mol. The predicted octanol–water partition coefficient (Wildman–Crippen LogP) is 9.43. The molecule has 4 atom stereocenters. The summed E-state index contributed by atoms with van der Waals surface area (Å²) in [6.07, 6.45) is 21.3. The van der Waals surface area contributed by atoms with Gasteiger partial charge in [-0.05, 0) is 67.2 Å². The molecule has 2 aromatic heterocycles. The minimum absolute atomic E-state index is 0.0885. The number of aromatic nitrogens is 4. The number of esters is 1. The summed E-state index contributed by atoms with van der Waals surface area (Å²) in [5.41, 5.74) is 8.13. The van der Waals surface area contributed by atoms with Crippen molar-refractivity contribution in [1.82, 2.24) is 19.1 Å². The van der Waals surface area contributed by atoms with Crippen LogP contribution >= 0.6 is 0 Å². The molecule has 5 aromatic rings. The molecule has 9 rings (SSSR count). The molecule has 3 aromatic carbocycles. The summed E-state index contributed by atoms with van der Waals surface area (Å²) in [7, 11) is 0. The number of imidazole rings is 2. The van der Waals surface area contributed by atoms with Crippen LogP contribution in [-0.4, -0.2) is 42.4 Å². The Morgan fingerprint density at radius 1 is 0.660 bits per heavy atom. The largest absolute Gasteiger partial charge is 0.458 e. The Labute approximate surface area is 295 Å². The maximum atomic E-state index is 12.9. The SMILES string of the molecule is O=C(OC(CC1c2ccccc2-c2cncn21)C1CCCCC1)c1ccccc1.OC(CC1c2ccccc2-c2cncn21)C1CCCCC1. The van der Waals surface area contributed by atoms with Crippen LogP contribution in [0.2, 0.25) is 0 Å². The molecule has 0 bridgehead atoms. The van der Waals surface area contributed by atoms with E-state index in [0.29, 0.717) is 17.4 Å². The van der Waals surface area contributed by atoms with E-state index in [0.717, 1.165) is 31.4 Å². The Kier molecular flexibility index (Phi) is 9.66. The normalized spacial score (nSPS) is 20.8. The lowest BCUT2D eigenvalue weighted by Crippen LogP contribution is -2.31. The quantitative estimate of drug-likeness (QED) is 0.167. The number of rotatable bonds is 8. The van der Waals surface area contributed by atoms with Gasteiger partial charge < -0.3 is 19.0 Å². The number of carbonyl (C=O) groups excluding carboxylic acids is 1. The standard InChI is InChI=1S/C25H26N2O2.C18H22N2O/c28-25(19-11-5-2-6-12-19)29-24(18-9-3-1-4-10-18)15-22-20-13-7-8-14-21(20)23-16-26-17-27(22)23;21-18(13-6-2-1-3-7-13)10-16-14-8-4-5-9-15(14)17-11-19-12-20(16)17/h2,5-8,11-14,16-18,22,24H,1,3-4,9-10,15H2;4-5,8-9,11-13,16,18,21H,1-3,6-7,10H2. The molecule has 50 heavy (non-hydrogen) atoms. The van der Waals surface area contributed by atoms with Crippen molar-refractivity contribution in [3.63, 3.8) is 0 Å². The van der Waals surface area contributed by atoms with Crippen LogP contribution in [-0.2, 0) is 4.74 Å². The lowest BCUT2D eigenvalue weighted by molar-refractivity contribution is 0.00159. The molecule has 2 aliphatic carbocycles. The fourth-order valence-electron chi connectivity index (χ4n) is 9.13. The zero-order chi connectivity index (χ0) is 33.9. The van der Waals surface area contributed by atoms with Crippen molar-refractivity contribution >= 4 is 5.97 Å². The second-order valence-electron chi connectivity index (χ2n) is 14.7. The summed E-state index contributed by atoms with van der Waals surface area (Å²) in [5, 5.41) is 10.7. The van der Waals surface area contributed by atoms with Crippen molar-refractivity contribution in [2.45, 2.75) is 101 Å². The van der Waals surface area contributed by atoms with Crippen LogP contribution in [0.15, 0.2) is 104 Å². The van der Waals surface area contributed by atoms with Gasteiger partial charge in [-0.25, -0.2) is 14.8 Å². The van der Waals surface area contributed by atoms with Crippen LogP contribution in [0.5, 0.6) is 0 Å². The van der Waals surface area contributed by atoms with Gasteiger partial charge in [-0.15, -0.1) is 0 Å². The van der Waals surface area contributed by atoms with E-state index < -0.39 is 0 Å². The van der Waals surface area contributed by atoms with Crippen molar-refractivity contribution in [1.29, 1.82) is 0 Å². The number of hydrogen-bond acceptors (Lipinski definition) is 5. The first-order chi connectivity index (χ1) is 24.7. The van der Waals surface area contributed by atoms with E-state index in [1.54, 1.807) is 0 Å². The van der Waals surface area contributed by atoms with Crippen molar-refractivity contribution in [3.05, 3.63) is 121 Å². The Morgan fingerprint density at radius 2 is 1.16 bits per heavy atom. The molecule has 0 amide bonds. The highest BCUT2D eigenvalue weighted by molar-refractivity contribution is 5.89. The van der Waals surface area contributed by atoms with Crippen LogP contribution in [0.3, 0.4) is 0 Å². The van der Waals surface area contributed by atoms with Crippen molar-refractivity contribution in [3.8, 4) is 22.5 Å². The average molecular weight is 669 g/mol. The van der Waals surface area contributed by atoms with E-state index in [2.05, 4.69) is 67.6 Å². The molecule has 0 radical (unpaired) electrons. The Hall–Kier alpha value is -4.49. The highest BCUT2D eigenvalue weighted by atomic mass is 16.5. The van der Waals surface area contributed by atoms with Gasteiger partial charge in [-0.2, -0.15) is 0 Å². The summed E-state index contributed by atoms with van der Waals surface area (Å²) in [6.45, 7) is 0. The summed E-state index contributed by atoms with van der Waals surface area (Å²) < 4.78 is 10.7. The number of carbonyl (C=O) groups is 1. The molecule has 7 heteroatoms. The fourth-order valence-corrected chi connectivity index (χ4v) is 9.13. The number of ether oxygens (including phenoxy) is 1. The van der Waals surface area contributed by atoms with Gasteiger partial charge in [0.2, 0.25) is 0 Å². The summed E-state index contributed by atoms with van der Waals surface area (Å²) >= 11 is 0. The molecular formula is C43H48N4O3. The van der Waals surface area contributed by atoms with E-state index in [1.165, 1.54) is 79.3 Å². The second-order valence-corrected chi connectivity index (χ2v) is 14.7. The Balaban J connectivity index is 0.000000152. The Bertz CT molecular complexity index is 1880. The molecule has 2 saturated carbocycles. The molecule has 4 heterocycles. The first-order valence-electron chi connectivity index (χ1n) is 18.8. The fraction of sp³-hybridized carbons (Fsp3) is 0.419. The van der Waals surface area contributed by atoms with Crippen LogP contribution < -0.4 is 0 Å². The van der Waals surface area contributed by atoms with Crippen molar-refractivity contribution < 1.29 is 14.6 Å². The molecule has 4 aliphatic rings. The van der Waals surface area contributed by atoms with Gasteiger partial charge in [0.1, 0.15) is 6.10 Å². The lowest BCUT2D eigenvalue weighted by atomic mass is 9.82. The second kappa shape index (κ2) is 14.8. The van der Waals surface area contributed by atoms with E-state index in [9.17, 15) is 9.90 Å². The third-order valence-corrected chi connectivity index (χ3v) is 11.8. The Morgan fingerprint density at radius 3 is 1.74 bits per heavy atom. The monoisotopic (exact) mass is 668 g/mol. The van der Waals surface area contributed by atoms with Gasteiger partial charge in [-0.1, -0.05) is 105 Å². The number of hydrogen-bond donors (Lipinski definition) is 1. The highest BCUT2D eigenvalue weighted by Gasteiger charge is 2.36. The van der Waals surface area contributed by atoms with E-state index in [4.69, 9.17) is 4.74 Å². The minimum Gasteiger partial charge on any atom is -0.458 e. The molecule has 7 nitrogen and oxygen atoms in total. The lowest BCUT2D eigenvalue weighted by Gasteiger charge is -2.32. The molecule has 2 aliphatic heterocycles. The molecule has 2 fully saturated rings. The third-order valence-electron chi connectivity index (χ3n) is 11.8. The summed E-state index contributed by atoms with van der Waals surface area (Å²) in [6, 6.07) is 26.8. The average Bonchev–Trinajstić information content (AvgIpc) is 3.97. The zero-order valence-electron chi connectivity index (χ0n) is 28.8. The maximum absolute atomic E-state index is 12.9.